The van der Waals surface area contributed by atoms with Gasteiger partial charge in [0.2, 0.25) is 0 Å². The number of unbranched alkanes of at least 4 members (excludes halogenated alkanes) is 46. The molecule has 0 aliphatic carbocycles. The molecule has 0 aromatic heterocycles. The van der Waals surface area contributed by atoms with Gasteiger partial charge in [-0.05, 0) is 51.4 Å². The second kappa shape index (κ2) is 62.8. The van der Waals surface area contributed by atoms with Crippen LogP contribution in [0.3, 0.4) is 0 Å². The minimum Gasteiger partial charge on any atom is -0.462 e. The lowest BCUT2D eigenvalue weighted by molar-refractivity contribution is -0.870. The van der Waals surface area contributed by atoms with Crippen molar-refractivity contribution < 1.29 is 42.1 Å². The first-order chi connectivity index (χ1) is 39.5. The number of esters is 2. The highest BCUT2D eigenvalue weighted by atomic mass is 31.2. The molecule has 0 spiro atoms. The van der Waals surface area contributed by atoms with E-state index in [4.69, 9.17) is 18.5 Å². The van der Waals surface area contributed by atoms with Gasteiger partial charge in [-0.1, -0.05) is 326 Å². The van der Waals surface area contributed by atoms with Crippen LogP contribution in [-0.2, 0) is 32.7 Å². The van der Waals surface area contributed by atoms with E-state index in [9.17, 15) is 19.0 Å². The fourth-order valence-corrected chi connectivity index (χ4v) is 11.2. The van der Waals surface area contributed by atoms with Gasteiger partial charge in [0.05, 0.1) is 27.7 Å². The first-order valence-electron chi connectivity index (χ1n) is 35.2. The van der Waals surface area contributed by atoms with Crippen LogP contribution in [0.2, 0.25) is 0 Å². The summed E-state index contributed by atoms with van der Waals surface area (Å²) in [6, 6.07) is 0. The SMILES string of the molecule is CCCCCCC/C=C\C/C=C\C/C=C\CCCCCCCCCCCCCCCCCCCCCCCCCCCCC(=O)OC(COC(=O)CCCCCCCCCCCCCCCCCC)COP(=O)(O)OCC[N+](C)(C)C. The monoisotopic (exact) mass is 1160 g/mol. The quantitative estimate of drug-likeness (QED) is 0.0211. The maximum Gasteiger partial charge on any atom is 0.472 e. The van der Waals surface area contributed by atoms with Crippen molar-refractivity contribution in [1.29, 1.82) is 0 Å². The van der Waals surface area contributed by atoms with Crippen LogP contribution in [0.25, 0.3) is 0 Å². The third-order valence-corrected chi connectivity index (χ3v) is 16.9. The molecular formula is C71H137NO8P+. The molecule has 2 unspecified atom stereocenters. The molecule has 0 rings (SSSR count). The molecule has 0 saturated heterocycles. The van der Waals surface area contributed by atoms with Crippen molar-refractivity contribution in [3.8, 4) is 0 Å². The van der Waals surface area contributed by atoms with Crippen molar-refractivity contribution in [1.82, 2.24) is 0 Å². The van der Waals surface area contributed by atoms with E-state index in [1.165, 1.54) is 276 Å². The topological polar surface area (TPSA) is 108 Å². The second-order valence-electron chi connectivity index (χ2n) is 25.3. The van der Waals surface area contributed by atoms with E-state index in [1.54, 1.807) is 0 Å². The first-order valence-corrected chi connectivity index (χ1v) is 36.7. The highest BCUT2D eigenvalue weighted by Gasteiger charge is 2.27. The van der Waals surface area contributed by atoms with Gasteiger partial charge < -0.3 is 18.9 Å². The van der Waals surface area contributed by atoms with E-state index in [2.05, 4.69) is 50.3 Å². The lowest BCUT2D eigenvalue weighted by Gasteiger charge is -2.24. The van der Waals surface area contributed by atoms with Gasteiger partial charge in [0.1, 0.15) is 19.8 Å². The molecule has 0 saturated carbocycles. The fraction of sp³-hybridized carbons (Fsp3) is 0.887. The minimum atomic E-state index is -4.38. The number of rotatable bonds is 66. The molecule has 0 amide bonds. The van der Waals surface area contributed by atoms with Crippen LogP contribution in [-0.4, -0.2) is 74.9 Å². The molecule has 0 aliphatic heterocycles. The Morgan fingerprint density at radius 2 is 0.667 bits per heavy atom. The zero-order valence-electron chi connectivity index (χ0n) is 54.5. The molecule has 0 radical (unpaired) electrons. The summed E-state index contributed by atoms with van der Waals surface area (Å²) in [4.78, 5) is 35.8. The van der Waals surface area contributed by atoms with Crippen molar-refractivity contribution in [2.75, 3.05) is 47.5 Å². The van der Waals surface area contributed by atoms with Gasteiger partial charge in [-0.15, -0.1) is 0 Å². The highest BCUT2D eigenvalue weighted by Crippen LogP contribution is 2.43. The molecule has 9 nitrogen and oxygen atoms in total. The van der Waals surface area contributed by atoms with Crippen molar-refractivity contribution in [2.24, 2.45) is 0 Å². The first kappa shape index (κ1) is 79.2. The standard InChI is InChI=1S/C71H136NO8P/c1-6-8-10-12-14-16-18-20-22-24-25-26-27-28-29-30-31-32-33-34-35-36-37-38-39-40-41-42-43-44-45-46-47-48-50-52-54-56-58-60-62-64-71(74)80-69(68-79-81(75,76)78-66-65-72(3,4)5)67-77-70(73)63-61-59-57-55-53-51-49-23-21-19-17-15-13-11-9-7-2/h18,20,24-25,27-28,69H,6-17,19,21-23,26,29-68H2,1-5H3/p+1/b20-18-,25-24-,28-27-. The van der Waals surface area contributed by atoms with Crippen molar-refractivity contribution in [2.45, 2.75) is 360 Å². The normalized spacial score (nSPS) is 13.3. The molecule has 2 atom stereocenters. The number of hydrogen-bond donors (Lipinski definition) is 1. The molecule has 10 heteroatoms. The average molecular weight is 1160 g/mol. The lowest BCUT2D eigenvalue weighted by Crippen LogP contribution is -2.37. The van der Waals surface area contributed by atoms with Crippen LogP contribution in [0.5, 0.6) is 0 Å². The Morgan fingerprint density at radius 3 is 0.988 bits per heavy atom. The molecule has 0 aromatic carbocycles. The summed E-state index contributed by atoms with van der Waals surface area (Å²) in [5.74, 6) is -0.775. The van der Waals surface area contributed by atoms with E-state index in [0.29, 0.717) is 23.9 Å². The van der Waals surface area contributed by atoms with E-state index >= 15 is 0 Å². The predicted octanol–water partition coefficient (Wildman–Crippen LogP) is 22.7. The van der Waals surface area contributed by atoms with E-state index < -0.39 is 26.5 Å². The molecular weight excluding hydrogens is 1030 g/mol. The predicted molar refractivity (Wildman–Crippen MR) is 349 cm³/mol. The Bertz CT molecular complexity index is 1460. The summed E-state index contributed by atoms with van der Waals surface area (Å²) in [6.45, 7) is 4.48. The number of ether oxygens (including phenoxy) is 2. The third-order valence-electron chi connectivity index (χ3n) is 15.9. The van der Waals surface area contributed by atoms with Crippen molar-refractivity contribution in [3.63, 3.8) is 0 Å². The smallest absolute Gasteiger partial charge is 0.462 e. The summed E-state index contributed by atoms with van der Waals surface area (Å²) in [5, 5.41) is 0. The van der Waals surface area contributed by atoms with Crippen LogP contribution < -0.4 is 0 Å². The van der Waals surface area contributed by atoms with E-state index in [0.717, 1.165) is 44.9 Å². The minimum absolute atomic E-state index is 0.0357. The number of nitrogens with zero attached hydrogens (tertiary/aromatic N) is 1. The van der Waals surface area contributed by atoms with Crippen LogP contribution in [0.1, 0.15) is 354 Å². The zero-order valence-corrected chi connectivity index (χ0v) is 55.4. The third kappa shape index (κ3) is 67.2. The van der Waals surface area contributed by atoms with Crippen LogP contribution >= 0.6 is 7.82 Å². The number of quaternary nitrogens is 1. The van der Waals surface area contributed by atoms with E-state index in [-0.39, 0.29) is 25.6 Å². The molecule has 0 fully saturated rings. The van der Waals surface area contributed by atoms with Crippen LogP contribution in [0, 0.1) is 0 Å². The van der Waals surface area contributed by atoms with Gasteiger partial charge in [-0.3, -0.25) is 18.6 Å². The molecule has 0 heterocycles. The highest BCUT2D eigenvalue weighted by molar-refractivity contribution is 7.47. The Labute approximate surface area is 503 Å². The van der Waals surface area contributed by atoms with Gasteiger partial charge in [-0.25, -0.2) is 4.57 Å². The van der Waals surface area contributed by atoms with Gasteiger partial charge in [0.15, 0.2) is 6.10 Å². The van der Waals surface area contributed by atoms with Crippen LogP contribution in [0.4, 0.5) is 0 Å². The number of allylic oxidation sites excluding steroid dienone is 6. The molecule has 0 aromatic rings. The maximum absolute atomic E-state index is 12.9. The number of phosphoric ester groups is 1. The average Bonchev–Trinajstić information content (AvgIpc) is 3.43. The number of phosphoric acid groups is 1. The molecule has 0 aliphatic rings. The van der Waals surface area contributed by atoms with Crippen molar-refractivity contribution in [3.05, 3.63) is 36.5 Å². The van der Waals surface area contributed by atoms with Crippen molar-refractivity contribution >= 4 is 19.8 Å². The number of carbonyl (C=O) groups is 2. The summed E-state index contributed by atoms with van der Waals surface area (Å²) in [5.41, 5.74) is 0. The number of carbonyl (C=O) groups excluding carboxylic acids is 2. The van der Waals surface area contributed by atoms with Gasteiger partial charge in [0, 0.05) is 12.8 Å². The molecule has 0 bridgehead atoms. The zero-order chi connectivity index (χ0) is 59.1. The maximum atomic E-state index is 12.9. The van der Waals surface area contributed by atoms with E-state index in [1.807, 2.05) is 21.1 Å². The summed E-state index contributed by atoms with van der Waals surface area (Å²) >= 11 is 0. The Balaban J connectivity index is 3.86. The van der Waals surface area contributed by atoms with Crippen LogP contribution in [0.15, 0.2) is 36.5 Å². The Hall–Kier alpha value is -1.77. The molecule has 81 heavy (non-hydrogen) atoms. The number of hydrogen-bond acceptors (Lipinski definition) is 7. The van der Waals surface area contributed by atoms with Gasteiger partial charge >= 0.3 is 19.8 Å². The number of likely N-dealkylation sites (N-methyl/N-ethyl adjacent to an activating group) is 1. The largest absolute Gasteiger partial charge is 0.472 e. The Morgan fingerprint density at radius 1 is 0.383 bits per heavy atom. The fourth-order valence-electron chi connectivity index (χ4n) is 10.5. The lowest BCUT2D eigenvalue weighted by atomic mass is 10.0. The summed E-state index contributed by atoms with van der Waals surface area (Å²) in [6.07, 6.45) is 79.8. The summed E-state index contributed by atoms with van der Waals surface area (Å²) < 4.78 is 34.7. The summed E-state index contributed by atoms with van der Waals surface area (Å²) in [7, 11) is 1.50. The van der Waals surface area contributed by atoms with Gasteiger partial charge in [-0.2, -0.15) is 0 Å². The molecule has 478 valence electrons. The Kier molecular flexibility index (Phi) is 61.4. The second-order valence-corrected chi connectivity index (χ2v) is 26.7. The van der Waals surface area contributed by atoms with Gasteiger partial charge in [0.25, 0.3) is 0 Å². The molecule has 1 N–H and O–H groups in total.